The first kappa shape index (κ1) is 17.6. The van der Waals surface area contributed by atoms with Crippen molar-refractivity contribution >= 4 is 23.5 Å². The van der Waals surface area contributed by atoms with Gasteiger partial charge < -0.3 is 10.0 Å². The Morgan fingerprint density at radius 3 is 2.23 bits per heavy atom. The number of carboxylic acid groups (broad SMARTS) is 1. The van der Waals surface area contributed by atoms with Gasteiger partial charge in [0.2, 0.25) is 5.91 Å². The smallest absolute Gasteiger partial charge is 0.307 e. The van der Waals surface area contributed by atoms with E-state index in [1.165, 1.54) is 5.56 Å². The number of carboxylic acids is 1. The van der Waals surface area contributed by atoms with Gasteiger partial charge in [-0.15, -0.1) is 0 Å². The van der Waals surface area contributed by atoms with E-state index in [2.05, 4.69) is 4.90 Å². The Kier molecular flexibility index (Phi) is 4.76. The standard InChI is InChI=1S/C20H23ClN2O3/c21-16-5-1-13(2-6-16)12-22-7-9-23(10-8-22)19(24)17-14-3-4-15(11-14)18(17)20(25)26/h1-6,14-15,17-18H,7-12H2,(H,25,26). The number of aliphatic carboxylic acids is 1. The molecule has 0 radical (unpaired) electrons. The Labute approximate surface area is 158 Å². The molecular weight excluding hydrogens is 352 g/mol. The van der Waals surface area contributed by atoms with E-state index in [-0.39, 0.29) is 23.7 Å². The number of carbonyl (C=O) groups is 2. The average molecular weight is 375 g/mol. The van der Waals surface area contributed by atoms with Crippen LogP contribution in [0.25, 0.3) is 0 Å². The van der Waals surface area contributed by atoms with Gasteiger partial charge in [-0.25, -0.2) is 0 Å². The van der Waals surface area contributed by atoms with Crippen molar-refractivity contribution in [2.45, 2.75) is 13.0 Å². The molecule has 1 N–H and O–H groups in total. The van der Waals surface area contributed by atoms with Crippen LogP contribution in [0.3, 0.4) is 0 Å². The van der Waals surface area contributed by atoms with Crippen molar-refractivity contribution in [3.8, 4) is 0 Å². The van der Waals surface area contributed by atoms with Gasteiger partial charge in [0.1, 0.15) is 0 Å². The van der Waals surface area contributed by atoms with Crippen molar-refractivity contribution in [1.29, 1.82) is 0 Å². The molecule has 1 aromatic carbocycles. The third-order valence-corrected chi connectivity index (χ3v) is 6.28. The normalized spacial score (nSPS) is 30.7. The van der Waals surface area contributed by atoms with Gasteiger partial charge in [-0.2, -0.15) is 0 Å². The maximum atomic E-state index is 13.0. The van der Waals surface area contributed by atoms with Crippen LogP contribution in [-0.2, 0) is 16.1 Å². The summed E-state index contributed by atoms with van der Waals surface area (Å²) < 4.78 is 0. The third kappa shape index (κ3) is 3.26. The van der Waals surface area contributed by atoms with Crippen LogP contribution in [-0.4, -0.2) is 53.0 Å². The highest BCUT2D eigenvalue weighted by Crippen LogP contribution is 2.48. The summed E-state index contributed by atoms with van der Waals surface area (Å²) in [7, 11) is 0. The molecule has 4 atom stereocenters. The zero-order valence-electron chi connectivity index (χ0n) is 14.6. The molecule has 0 spiro atoms. The number of fused-ring (bicyclic) bond motifs is 2. The molecule has 1 saturated carbocycles. The highest BCUT2D eigenvalue weighted by atomic mass is 35.5. The van der Waals surface area contributed by atoms with E-state index in [1.807, 2.05) is 41.3 Å². The first-order chi connectivity index (χ1) is 12.5. The first-order valence-electron chi connectivity index (χ1n) is 9.19. The number of benzene rings is 1. The molecule has 2 bridgehead atoms. The molecule has 138 valence electrons. The van der Waals surface area contributed by atoms with Crippen molar-refractivity contribution < 1.29 is 14.7 Å². The summed E-state index contributed by atoms with van der Waals surface area (Å²) in [5.74, 6) is -1.62. The molecule has 5 nitrogen and oxygen atoms in total. The highest BCUT2D eigenvalue weighted by Gasteiger charge is 2.52. The van der Waals surface area contributed by atoms with E-state index >= 15 is 0 Å². The summed E-state index contributed by atoms with van der Waals surface area (Å²) in [5, 5.41) is 10.3. The van der Waals surface area contributed by atoms with Crippen molar-refractivity contribution in [1.82, 2.24) is 9.80 Å². The van der Waals surface area contributed by atoms with Gasteiger partial charge in [0.15, 0.2) is 0 Å². The second-order valence-corrected chi connectivity index (χ2v) is 8.00. The maximum Gasteiger partial charge on any atom is 0.307 e. The predicted molar refractivity (Wildman–Crippen MR) is 98.7 cm³/mol. The highest BCUT2D eigenvalue weighted by molar-refractivity contribution is 6.30. The molecule has 1 aromatic rings. The van der Waals surface area contributed by atoms with E-state index in [9.17, 15) is 14.7 Å². The average Bonchev–Trinajstić information content (AvgIpc) is 3.25. The van der Waals surface area contributed by atoms with Crippen LogP contribution in [0, 0.1) is 23.7 Å². The molecule has 1 heterocycles. The van der Waals surface area contributed by atoms with E-state index in [4.69, 9.17) is 11.6 Å². The molecular formula is C20H23ClN2O3. The summed E-state index contributed by atoms with van der Waals surface area (Å²) in [4.78, 5) is 28.8. The van der Waals surface area contributed by atoms with Crippen LogP contribution in [0.15, 0.2) is 36.4 Å². The Balaban J connectivity index is 1.36. The fourth-order valence-electron chi connectivity index (χ4n) is 4.68. The van der Waals surface area contributed by atoms with Crippen LogP contribution in [0.2, 0.25) is 5.02 Å². The first-order valence-corrected chi connectivity index (χ1v) is 9.57. The monoisotopic (exact) mass is 374 g/mol. The maximum absolute atomic E-state index is 13.0. The number of amides is 1. The Morgan fingerprint density at radius 2 is 1.62 bits per heavy atom. The fraction of sp³-hybridized carbons (Fsp3) is 0.500. The van der Waals surface area contributed by atoms with Crippen LogP contribution in [0.4, 0.5) is 0 Å². The van der Waals surface area contributed by atoms with Gasteiger partial charge in [-0.1, -0.05) is 35.9 Å². The van der Waals surface area contributed by atoms with E-state index in [0.29, 0.717) is 13.1 Å². The number of hydrogen-bond donors (Lipinski definition) is 1. The molecule has 1 aliphatic heterocycles. The van der Waals surface area contributed by atoms with Gasteiger partial charge in [0.25, 0.3) is 0 Å². The Hall–Kier alpha value is -1.85. The zero-order chi connectivity index (χ0) is 18.3. The van der Waals surface area contributed by atoms with Gasteiger partial charge >= 0.3 is 5.97 Å². The van der Waals surface area contributed by atoms with Gasteiger partial charge in [0, 0.05) is 37.7 Å². The third-order valence-electron chi connectivity index (χ3n) is 6.03. The summed E-state index contributed by atoms with van der Waals surface area (Å²) in [6, 6.07) is 7.84. The molecule has 2 aliphatic carbocycles. The number of piperazine rings is 1. The summed E-state index contributed by atoms with van der Waals surface area (Å²) in [6.07, 6.45) is 4.84. The SMILES string of the molecule is O=C(O)C1C2C=CC(C2)C1C(=O)N1CCN(Cc2ccc(Cl)cc2)CC1. The minimum absolute atomic E-state index is 0.0256. The second-order valence-electron chi connectivity index (χ2n) is 7.57. The Morgan fingerprint density at radius 1 is 1.00 bits per heavy atom. The number of carbonyl (C=O) groups excluding carboxylic acids is 1. The quantitative estimate of drug-likeness (QED) is 0.822. The van der Waals surface area contributed by atoms with Crippen molar-refractivity contribution in [2.75, 3.05) is 26.2 Å². The van der Waals surface area contributed by atoms with E-state index < -0.39 is 11.9 Å². The molecule has 3 aliphatic rings. The van der Waals surface area contributed by atoms with Crippen LogP contribution < -0.4 is 0 Å². The van der Waals surface area contributed by atoms with Crippen molar-refractivity contribution in [3.63, 3.8) is 0 Å². The topological polar surface area (TPSA) is 60.9 Å². The minimum atomic E-state index is -0.832. The zero-order valence-corrected chi connectivity index (χ0v) is 15.3. The molecule has 1 amide bonds. The summed E-state index contributed by atoms with van der Waals surface area (Å²) in [5.41, 5.74) is 1.21. The van der Waals surface area contributed by atoms with E-state index in [0.717, 1.165) is 31.1 Å². The summed E-state index contributed by atoms with van der Waals surface area (Å²) in [6.45, 7) is 3.78. The molecule has 26 heavy (non-hydrogen) atoms. The van der Waals surface area contributed by atoms with Gasteiger partial charge in [-0.05, 0) is 36.0 Å². The van der Waals surface area contributed by atoms with Crippen LogP contribution in [0.1, 0.15) is 12.0 Å². The lowest BCUT2D eigenvalue weighted by Gasteiger charge is -2.37. The van der Waals surface area contributed by atoms with Gasteiger partial charge in [-0.3, -0.25) is 14.5 Å². The minimum Gasteiger partial charge on any atom is -0.481 e. The molecule has 6 heteroatoms. The lowest BCUT2D eigenvalue weighted by Crippen LogP contribution is -2.52. The van der Waals surface area contributed by atoms with Crippen LogP contribution in [0.5, 0.6) is 0 Å². The van der Waals surface area contributed by atoms with Crippen LogP contribution >= 0.6 is 11.6 Å². The number of halogens is 1. The molecule has 4 unspecified atom stereocenters. The molecule has 4 rings (SSSR count). The van der Waals surface area contributed by atoms with E-state index in [1.54, 1.807) is 0 Å². The molecule has 1 saturated heterocycles. The molecule has 2 fully saturated rings. The molecule has 0 aromatic heterocycles. The number of rotatable bonds is 4. The predicted octanol–water partition coefficient (Wildman–Crippen LogP) is 2.51. The number of hydrogen-bond acceptors (Lipinski definition) is 3. The lowest BCUT2D eigenvalue weighted by molar-refractivity contribution is -0.151. The fourth-order valence-corrected chi connectivity index (χ4v) is 4.81. The van der Waals surface area contributed by atoms with Gasteiger partial charge in [0.05, 0.1) is 11.8 Å². The number of allylic oxidation sites excluding steroid dienone is 2. The lowest BCUT2D eigenvalue weighted by atomic mass is 9.82. The summed E-state index contributed by atoms with van der Waals surface area (Å²) >= 11 is 5.93. The second kappa shape index (κ2) is 7.05. The number of nitrogens with zero attached hydrogens (tertiary/aromatic N) is 2. The van der Waals surface area contributed by atoms with Crippen molar-refractivity contribution in [3.05, 3.63) is 47.0 Å². The Bertz CT molecular complexity index is 725. The largest absolute Gasteiger partial charge is 0.481 e. The van der Waals surface area contributed by atoms with Crippen molar-refractivity contribution in [2.24, 2.45) is 23.7 Å².